The first-order valence-electron chi connectivity index (χ1n) is 9.83. The Kier molecular flexibility index (Phi) is 6.29. The highest BCUT2D eigenvalue weighted by molar-refractivity contribution is 7.99. The minimum absolute atomic E-state index is 0.421. The lowest BCUT2D eigenvalue weighted by Gasteiger charge is -2.32. The van der Waals surface area contributed by atoms with E-state index in [2.05, 4.69) is 31.8 Å². The minimum Gasteiger partial charge on any atom is -0.472 e. The predicted molar refractivity (Wildman–Crippen MR) is 118 cm³/mol. The fourth-order valence-corrected chi connectivity index (χ4v) is 3.73. The van der Waals surface area contributed by atoms with E-state index in [1.807, 2.05) is 37.3 Å². The van der Waals surface area contributed by atoms with Crippen molar-refractivity contribution in [3.63, 3.8) is 0 Å². The van der Waals surface area contributed by atoms with Crippen LogP contribution in [0.2, 0.25) is 0 Å². The van der Waals surface area contributed by atoms with Crippen LogP contribution < -0.4 is 15.4 Å². The summed E-state index contributed by atoms with van der Waals surface area (Å²) in [7, 11) is 2.12. The lowest BCUT2D eigenvalue weighted by atomic mass is 10.2. The average Bonchev–Trinajstić information content (AvgIpc) is 2.77. The Morgan fingerprint density at radius 2 is 1.80 bits per heavy atom. The molecule has 2 aromatic heterocycles. The lowest BCUT2D eigenvalue weighted by Crippen LogP contribution is -2.45. The molecule has 0 bridgehead atoms. The Balaban J connectivity index is 1.59. The third-order valence-electron chi connectivity index (χ3n) is 4.90. The molecule has 0 saturated carbocycles. The number of likely N-dealkylation sites (N-methyl/N-ethyl adjacent to an activating group) is 1. The summed E-state index contributed by atoms with van der Waals surface area (Å²) >= 11 is 1.35. The quantitative estimate of drug-likeness (QED) is 0.601. The number of nitrogens with two attached hydrogens (primary N) is 1. The van der Waals surface area contributed by atoms with Crippen LogP contribution in [0.1, 0.15) is 11.1 Å². The molecule has 0 atom stereocenters. The number of anilines is 2. The van der Waals surface area contributed by atoms with Gasteiger partial charge in [-0.15, -0.1) is 0 Å². The molecule has 3 heterocycles. The van der Waals surface area contributed by atoms with Crippen LogP contribution >= 0.6 is 11.8 Å². The lowest BCUT2D eigenvalue weighted by molar-refractivity contribution is 0.283. The van der Waals surface area contributed by atoms with Gasteiger partial charge in [-0.05, 0) is 31.3 Å². The van der Waals surface area contributed by atoms with E-state index >= 15 is 0 Å². The van der Waals surface area contributed by atoms with Crippen LogP contribution in [0.3, 0.4) is 0 Å². The van der Waals surface area contributed by atoms with Crippen molar-refractivity contribution in [2.24, 2.45) is 0 Å². The summed E-state index contributed by atoms with van der Waals surface area (Å²) in [6.07, 6.45) is 3.50. The molecule has 1 aromatic carbocycles. The van der Waals surface area contributed by atoms with Crippen molar-refractivity contribution < 1.29 is 4.74 Å². The number of aromatic nitrogens is 4. The second-order valence-corrected chi connectivity index (χ2v) is 8.24. The molecule has 2 N–H and O–H groups in total. The highest BCUT2D eigenvalue weighted by Crippen LogP contribution is 2.33. The molecule has 1 aliphatic heterocycles. The molecule has 3 aromatic rings. The van der Waals surface area contributed by atoms with Crippen molar-refractivity contribution in [3.8, 4) is 5.88 Å². The number of hydrogen-bond acceptors (Lipinski definition) is 9. The van der Waals surface area contributed by atoms with Crippen LogP contribution in [0, 0.1) is 6.92 Å². The largest absolute Gasteiger partial charge is 0.472 e. The molecule has 0 amide bonds. The van der Waals surface area contributed by atoms with Crippen LogP contribution in [0.4, 0.5) is 11.8 Å². The van der Waals surface area contributed by atoms with Gasteiger partial charge in [0.25, 0.3) is 0 Å². The van der Waals surface area contributed by atoms with Crippen molar-refractivity contribution in [1.82, 2.24) is 24.8 Å². The van der Waals surface area contributed by atoms with Gasteiger partial charge in [-0.25, -0.2) is 15.0 Å². The molecule has 0 aliphatic carbocycles. The van der Waals surface area contributed by atoms with Gasteiger partial charge in [0, 0.05) is 37.9 Å². The normalized spacial score (nSPS) is 14.7. The second kappa shape index (κ2) is 9.27. The van der Waals surface area contributed by atoms with Crippen molar-refractivity contribution in [3.05, 3.63) is 53.9 Å². The predicted octanol–water partition coefficient (Wildman–Crippen LogP) is 2.64. The highest BCUT2D eigenvalue weighted by atomic mass is 32.2. The van der Waals surface area contributed by atoms with Gasteiger partial charge in [0.15, 0.2) is 5.16 Å². The summed E-state index contributed by atoms with van der Waals surface area (Å²) in [6, 6.07) is 10.0. The molecule has 1 saturated heterocycles. The summed E-state index contributed by atoms with van der Waals surface area (Å²) in [6.45, 7) is 6.04. The van der Waals surface area contributed by atoms with Gasteiger partial charge in [-0.3, -0.25) is 0 Å². The Labute approximate surface area is 180 Å². The molecule has 30 heavy (non-hydrogen) atoms. The molecule has 9 heteroatoms. The first-order chi connectivity index (χ1) is 14.6. The number of benzene rings is 1. The van der Waals surface area contributed by atoms with E-state index in [1.54, 1.807) is 12.4 Å². The first kappa shape index (κ1) is 20.4. The van der Waals surface area contributed by atoms with E-state index in [-0.39, 0.29) is 0 Å². The van der Waals surface area contributed by atoms with Crippen LogP contribution in [0.25, 0.3) is 0 Å². The van der Waals surface area contributed by atoms with Gasteiger partial charge in [0.1, 0.15) is 12.4 Å². The van der Waals surface area contributed by atoms with Gasteiger partial charge >= 0.3 is 0 Å². The maximum atomic E-state index is 6.11. The minimum atomic E-state index is 0.421. The number of nitrogen functional groups attached to an aromatic ring is 1. The fourth-order valence-electron chi connectivity index (χ4n) is 2.99. The zero-order chi connectivity index (χ0) is 20.9. The third kappa shape index (κ3) is 4.98. The topological polar surface area (TPSA) is 93.3 Å². The van der Waals surface area contributed by atoms with E-state index in [9.17, 15) is 0 Å². The SMILES string of the molecule is Cc1cnc(Sc2cnc(N3CCN(C)CC3)nc2OCc2ccccc2)nc1N. The summed E-state index contributed by atoms with van der Waals surface area (Å²) in [5, 5.41) is 0.540. The summed E-state index contributed by atoms with van der Waals surface area (Å²) in [5.41, 5.74) is 7.86. The van der Waals surface area contributed by atoms with Crippen LogP contribution in [-0.4, -0.2) is 58.1 Å². The van der Waals surface area contributed by atoms with Gasteiger partial charge in [-0.1, -0.05) is 30.3 Å². The number of piperazine rings is 1. The highest BCUT2D eigenvalue weighted by Gasteiger charge is 2.19. The van der Waals surface area contributed by atoms with Crippen molar-refractivity contribution in [2.75, 3.05) is 43.9 Å². The first-order valence-corrected chi connectivity index (χ1v) is 10.6. The second-order valence-electron chi connectivity index (χ2n) is 7.23. The van der Waals surface area contributed by atoms with Gasteiger partial charge in [0.05, 0.1) is 11.1 Å². The molecule has 4 rings (SSSR count). The fraction of sp³-hybridized carbons (Fsp3) is 0.333. The number of aryl methyl sites for hydroxylation is 1. The number of nitrogens with zero attached hydrogens (tertiary/aromatic N) is 6. The van der Waals surface area contributed by atoms with E-state index in [4.69, 9.17) is 15.5 Å². The van der Waals surface area contributed by atoms with Crippen molar-refractivity contribution in [2.45, 2.75) is 23.6 Å². The smallest absolute Gasteiger partial charge is 0.233 e. The Hall–Kier alpha value is -2.91. The molecular formula is C21H25N7OS. The molecular weight excluding hydrogens is 398 g/mol. The zero-order valence-electron chi connectivity index (χ0n) is 17.2. The van der Waals surface area contributed by atoms with E-state index in [1.165, 1.54) is 11.8 Å². The maximum Gasteiger partial charge on any atom is 0.233 e. The molecule has 1 aliphatic rings. The molecule has 1 fully saturated rings. The van der Waals surface area contributed by atoms with Gasteiger partial charge < -0.3 is 20.3 Å². The van der Waals surface area contributed by atoms with Crippen molar-refractivity contribution in [1.29, 1.82) is 0 Å². The maximum absolute atomic E-state index is 6.11. The summed E-state index contributed by atoms with van der Waals surface area (Å²) in [4.78, 5) is 23.3. The van der Waals surface area contributed by atoms with Crippen molar-refractivity contribution >= 4 is 23.5 Å². The Bertz CT molecular complexity index is 994. The number of hydrogen-bond donors (Lipinski definition) is 1. The molecule has 0 radical (unpaired) electrons. The van der Waals surface area contributed by atoms with Crippen LogP contribution in [0.15, 0.2) is 52.8 Å². The van der Waals surface area contributed by atoms with E-state index < -0.39 is 0 Å². The standard InChI is InChI=1S/C21H25N7OS/c1-15-12-24-21(25-18(15)22)30-17-13-23-20(28-10-8-27(2)9-11-28)26-19(17)29-14-16-6-4-3-5-7-16/h3-7,12-13H,8-11,14H2,1-2H3,(H2,22,24,25). The summed E-state index contributed by atoms with van der Waals surface area (Å²) in [5.74, 6) is 1.67. The zero-order valence-corrected chi connectivity index (χ0v) is 18.0. The van der Waals surface area contributed by atoms with Gasteiger partial charge in [-0.2, -0.15) is 4.98 Å². The van der Waals surface area contributed by atoms with Crippen LogP contribution in [-0.2, 0) is 6.61 Å². The summed E-state index contributed by atoms with van der Waals surface area (Å²) < 4.78 is 6.11. The number of rotatable bonds is 6. The van der Waals surface area contributed by atoms with Gasteiger partial charge in [0.2, 0.25) is 11.8 Å². The van der Waals surface area contributed by atoms with E-state index in [0.717, 1.165) is 42.2 Å². The Morgan fingerprint density at radius 1 is 1.03 bits per heavy atom. The third-order valence-corrected chi connectivity index (χ3v) is 5.78. The monoisotopic (exact) mass is 423 g/mol. The molecule has 0 spiro atoms. The average molecular weight is 424 g/mol. The molecule has 156 valence electrons. The van der Waals surface area contributed by atoms with E-state index in [0.29, 0.717) is 29.4 Å². The molecule has 8 nitrogen and oxygen atoms in total. The Morgan fingerprint density at radius 3 is 2.53 bits per heavy atom. The van der Waals surface area contributed by atoms with Crippen LogP contribution in [0.5, 0.6) is 5.88 Å². The number of ether oxygens (including phenoxy) is 1. The molecule has 0 unspecified atom stereocenters.